The van der Waals surface area contributed by atoms with Gasteiger partial charge >= 0.3 is 0 Å². The Morgan fingerprint density at radius 3 is 2.50 bits per heavy atom. The van der Waals surface area contributed by atoms with Gasteiger partial charge in [0.1, 0.15) is 4.90 Å². The number of nitrogens with zero attached hydrogens (tertiary/aromatic N) is 2. The highest BCUT2D eigenvalue weighted by atomic mass is 32.2. The van der Waals surface area contributed by atoms with Crippen molar-refractivity contribution in [2.24, 2.45) is 0 Å². The number of rotatable bonds is 5. The van der Waals surface area contributed by atoms with Crippen LogP contribution in [0, 0.1) is 13.8 Å². The molecule has 0 aliphatic carbocycles. The summed E-state index contributed by atoms with van der Waals surface area (Å²) in [6.45, 7) is 8.23. The van der Waals surface area contributed by atoms with Gasteiger partial charge in [-0.05, 0) is 46.7 Å². The van der Waals surface area contributed by atoms with Crippen LogP contribution in [-0.2, 0) is 10.0 Å². The Morgan fingerprint density at radius 2 is 1.95 bits per heavy atom. The van der Waals surface area contributed by atoms with Gasteiger partial charge in [0.2, 0.25) is 10.0 Å². The number of H-pyrrole nitrogens is 1. The van der Waals surface area contributed by atoms with E-state index in [1.54, 1.807) is 13.8 Å². The lowest BCUT2D eigenvalue weighted by Gasteiger charge is -2.29. The highest BCUT2D eigenvalue weighted by Gasteiger charge is 2.25. The third kappa shape index (κ3) is 3.59. The zero-order valence-electron chi connectivity index (χ0n) is 12.4. The van der Waals surface area contributed by atoms with Gasteiger partial charge in [-0.3, -0.25) is 5.10 Å². The number of nitrogens with one attached hydrogen (secondary N) is 2. The molecule has 0 aromatic carbocycles. The van der Waals surface area contributed by atoms with Crippen LogP contribution in [0.1, 0.15) is 37.6 Å². The Balaban J connectivity index is 2.01. The summed E-state index contributed by atoms with van der Waals surface area (Å²) in [6.07, 6.45) is 3.70. The summed E-state index contributed by atoms with van der Waals surface area (Å²) < 4.78 is 27.6. The number of hydrogen-bond acceptors (Lipinski definition) is 4. The van der Waals surface area contributed by atoms with Crippen molar-refractivity contribution in [2.75, 3.05) is 19.6 Å². The Bertz CT molecular complexity index is 527. The Labute approximate surface area is 121 Å². The summed E-state index contributed by atoms with van der Waals surface area (Å²) in [7, 11) is -3.50. The molecule has 0 radical (unpaired) electrons. The minimum Gasteiger partial charge on any atom is -0.302 e. The quantitative estimate of drug-likeness (QED) is 0.856. The van der Waals surface area contributed by atoms with Gasteiger partial charge in [-0.15, -0.1) is 0 Å². The normalized spacial score (nSPS) is 19.1. The first-order valence-electron chi connectivity index (χ1n) is 7.16. The molecule has 0 bridgehead atoms. The zero-order chi connectivity index (χ0) is 14.8. The van der Waals surface area contributed by atoms with Gasteiger partial charge in [-0.2, -0.15) is 5.10 Å². The summed E-state index contributed by atoms with van der Waals surface area (Å²) in [5.41, 5.74) is 1.10. The minimum absolute atomic E-state index is 0.105. The minimum atomic E-state index is -3.50. The number of aromatic amines is 1. The van der Waals surface area contributed by atoms with Crippen LogP contribution in [0.5, 0.6) is 0 Å². The maximum absolute atomic E-state index is 12.4. The highest BCUT2D eigenvalue weighted by Crippen LogP contribution is 2.17. The molecule has 20 heavy (non-hydrogen) atoms. The van der Waals surface area contributed by atoms with E-state index in [0.29, 0.717) is 11.4 Å². The van der Waals surface area contributed by atoms with Gasteiger partial charge in [0.05, 0.1) is 11.4 Å². The molecule has 1 aromatic heterocycles. The smallest absolute Gasteiger partial charge is 0.244 e. The maximum atomic E-state index is 12.4. The van der Waals surface area contributed by atoms with Crippen LogP contribution in [0.4, 0.5) is 0 Å². The summed E-state index contributed by atoms with van der Waals surface area (Å²) >= 11 is 0. The first kappa shape index (κ1) is 15.5. The molecule has 1 aromatic rings. The van der Waals surface area contributed by atoms with Gasteiger partial charge in [0.15, 0.2) is 0 Å². The Hall–Kier alpha value is -0.920. The van der Waals surface area contributed by atoms with E-state index in [4.69, 9.17) is 0 Å². The fourth-order valence-corrected chi connectivity index (χ4v) is 4.43. The standard InChI is InChI=1S/C13H24N4O2S/c1-10(9-17-7-5-4-6-8-17)16-20(18,19)13-11(2)14-15-12(13)3/h10,16H,4-9H2,1-3H3,(H,14,15). The molecule has 2 rings (SSSR count). The van der Waals surface area contributed by atoms with Crippen LogP contribution < -0.4 is 4.72 Å². The summed E-state index contributed by atoms with van der Waals surface area (Å²) in [4.78, 5) is 2.61. The van der Waals surface area contributed by atoms with Crippen LogP contribution in [-0.4, -0.2) is 49.2 Å². The van der Waals surface area contributed by atoms with Gasteiger partial charge < -0.3 is 4.90 Å². The fourth-order valence-electron chi connectivity index (χ4n) is 2.83. The Kier molecular flexibility index (Phi) is 4.82. The molecular weight excluding hydrogens is 276 g/mol. The number of aryl methyl sites for hydroxylation is 2. The van der Waals surface area contributed by atoms with E-state index in [2.05, 4.69) is 19.8 Å². The largest absolute Gasteiger partial charge is 0.302 e. The number of piperidine rings is 1. The molecule has 0 saturated carbocycles. The number of sulfonamides is 1. The first-order chi connectivity index (χ1) is 9.40. The van der Waals surface area contributed by atoms with Gasteiger partial charge in [-0.25, -0.2) is 13.1 Å². The molecular formula is C13H24N4O2S. The van der Waals surface area contributed by atoms with Crippen LogP contribution in [0.25, 0.3) is 0 Å². The summed E-state index contributed by atoms with van der Waals surface area (Å²) in [6, 6.07) is -0.105. The van der Waals surface area contributed by atoms with E-state index in [1.165, 1.54) is 19.3 Å². The molecule has 0 amide bonds. The molecule has 1 aliphatic heterocycles. The molecule has 6 nitrogen and oxygen atoms in total. The maximum Gasteiger partial charge on any atom is 0.244 e. The predicted octanol–water partition coefficient (Wildman–Crippen LogP) is 1.18. The van der Waals surface area contributed by atoms with Crippen molar-refractivity contribution < 1.29 is 8.42 Å². The van der Waals surface area contributed by atoms with Crippen molar-refractivity contribution in [3.8, 4) is 0 Å². The second kappa shape index (κ2) is 6.24. The number of likely N-dealkylation sites (tertiary alicyclic amines) is 1. The van der Waals surface area contributed by atoms with E-state index in [9.17, 15) is 8.42 Å². The molecule has 7 heteroatoms. The fraction of sp³-hybridized carbons (Fsp3) is 0.769. The molecule has 1 saturated heterocycles. The van der Waals surface area contributed by atoms with E-state index >= 15 is 0 Å². The lowest BCUT2D eigenvalue weighted by molar-refractivity contribution is 0.215. The van der Waals surface area contributed by atoms with Crippen molar-refractivity contribution in [2.45, 2.75) is 51.0 Å². The molecule has 1 aliphatic rings. The van der Waals surface area contributed by atoms with E-state index in [0.717, 1.165) is 19.6 Å². The van der Waals surface area contributed by atoms with Gasteiger partial charge in [0.25, 0.3) is 0 Å². The topological polar surface area (TPSA) is 78.1 Å². The van der Waals surface area contributed by atoms with Crippen molar-refractivity contribution >= 4 is 10.0 Å². The third-order valence-electron chi connectivity index (χ3n) is 3.67. The average molecular weight is 300 g/mol. The van der Waals surface area contributed by atoms with E-state index in [-0.39, 0.29) is 10.9 Å². The molecule has 1 atom stereocenters. The van der Waals surface area contributed by atoms with Crippen molar-refractivity contribution in [1.29, 1.82) is 0 Å². The van der Waals surface area contributed by atoms with Gasteiger partial charge in [-0.1, -0.05) is 6.42 Å². The van der Waals surface area contributed by atoms with Crippen LogP contribution >= 0.6 is 0 Å². The summed E-state index contributed by atoms with van der Waals surface area (Å²) in [5.74, 6) is 0. The molecule has 1 unspecified atom stereocenters. The van der Waals surface area contributed by atoms with Crippen molar-refractivity contribution in [1.82, 2.24) is 19.8 Å². The van der Waals surface area contributed by atoms with Crippen LogP contribution in [0.2, 0.25) is 0 Å². The van der Waals surface area contributed by atoms with Gasteiger partial charge in [0, 0.05) is 12.6 Å². The number of aromatic nitrogens is 2. The zero-order valence-corrected chi connectivity index (χ0v) is 13.3. The molecule has 2 heterocycles. The molecule has 1 fully saturated rings. The highest BCUT2D eigenvalue weighted by molar-refractivity contribution is 7.89. The average Bonchev–Trinajstić information content (AvgIpc) is 2.70. The Morgan fingerprint density at radius 1 is 1.30 bits per heavy atom. The lowest BCUT2D eigenvalue weighted by Crippen LogP contribution is -2.43. The predicted molar refractivity (Wildman–Crippen MR) is 78.1 cm³/mol. The molecule has 0 spiro atoms. The lowest BCUT2D eigenvalue weighted by atomic mass is 10.1. The second-order valence-corrected chi connectivity index (χ2v) is 7.30. The SMILES string of the molecule is Cc1n[nH]c(C)c1S(=O)(=O)NC(C)CN1CCCCC1. The van der Waals surface area contributed by atoms with Crippen molar-refractivity contribution in [3.63, 3.8) is 0 Å². The van der Waals surface area contributed by atoms with E-state index in [1.807, 2.05) is 6.92 Å². The monoisotopic (exact) mass is 300 g/mol. The number of hydrogen-bond donors (Lipinski definition) is 2. The van der Waals surface area contributed by atoms with Crippen LogP contribution in [0.15, 0.2) is 4.90 Å². The molecule has 114 valence electrons. The van der Waals surface area contributed by atoms with Crippen molar-refractivity contribution in [3.05, 3.63) is 11.4 Å². The van der Waals surface area contributed by atoms with E-state index < -0.39 is 10.0 Å². The second-order valence-electron chi connectivity index (χ2n) is 5.65. The first-order valence-corrected chi connectivity index (χ1v) is 8.64. The third-order valence-corrected chi connectivity index (χ3v) is 5.52. The van der Waals surface area contributed by atoms with Crippen LogP contribution in [0.3, 0.4) is 0 Å². The molecule has 2 N–H and O–H groups in total. The summed E-state index contributed by atoms with van der Waals surface area (Å²) in [5, 5.41) is 6.67.